The van der Waals surface area contributed by atoms with Crippen LogP contribution in [0.2, 0.25) is 0 Å². The van der Waals surface area contributed by atoms with Gasteiger partial charge in [0.1, 0.15) is 18.2 Å². The second kappa shape index (κ2) is 15.5. The van der Waals surface area contributed by atoms with E-state index in [9.17, 15) is 17.6 Å². The minimum atomic E-state index is -3.81. The molecule has 2 atom stereocenters. The highest BCUT2D eigenvalue weighted by atomic mass is 32.2. The minimum absolute atomic E-state index is 0.111. The second-order valence-electron chi connectivity index (χ2n) is 12.8. The van der Waals surface area contributed by atoms with E-state index in [4.69, 9.17) is 9.47 Å². The Bertz CT molecular complexity index is 1560. The van der Waals surface area contributed by atoms with Crippen LogP contribution in [0.15, 0.2) is 77.7 Å². The van der Waals surface area contributed by atoms with Gasteiger partial charge in [-0.3, -0.25) is 4.79 Å². The van der Waals surface area contributed by atoms with E-state index in [1.165, 1.54) is 17.5 Å². The zero-order valence-electron chi connectivity index (χ0n) is 27.0. The number of benzene rings is 3. The largest absolute Gasteiger partial charge is 0.497 e. The number of halogens is 1. The Balaban J connectivity index is 1.09. The van der Waals surface area contributed by atoms with Crippen LogP contribution in [-0.4, -0.2) is 70.5 Å². The SMILES string of the molecule is COc1ccc(S(=O)(=O)N2Cc3ccccc3CC2COCC(=O)NCCC2CCC(C(c3cccc(F)c3)N(C)C)CC2)cc1. The first kappa shape index (κ1) is 34.0. The highest BCUT2D eigenvalue weighted by molar-refractivity contribution is 7.89. The van der Waals surface area contributed by atoms with E-state index in [-0.39, 0.29) is 42.4 Å². The van der Waals surface area contributed by atoms with Gasteiger partial charge >= 0.3 is 0 Å². The molecule has 10 heteroatoms. The van der Waals surface area contributed by atoms with Crippen molar-refractivity contribution in [1.29, 1.82) is 0 Å². The lowest BCUT2D eigenvalue weighted by atomic mass is 9.75. The molecule has 2 unspecified atom stereocenters. The van der Waals surface area contributed by atoms with Gasteiger partial charge < -0.3 is 19.7 Å². The Kier molecular flexibility index (Phi) is 11.5. The van der Waals surface area contributed by atoms with Crippen molar-refractivity contribution in [1.82, 2.24) is 14.5 Å². The summed E-state index contributed by atoms with van der Waals surface area (Å²) in [6.07, 6.45) is 5.71. The third kappa shape index (κ3) is 8.34. The van der Waals surface area contributed by atoms with E-state index in [0.29, 0.717) is 30.6 Å². The summed E-state index contributed by atoms with van der Waals surface area (Å²) < 4.78 is 53.8. The fourth-order valence-electron chi connectivity index (χ4n) is 7.10. The number of rotatable bonds is 13. The van der Waals surface area contributed by atoms with Gasteiger partial charge in [-0.25, -0.2) is 12.8 Å². The summed E-state index contributed by atoms with van der Waals surface area (Å²) in [5.74, 6) is 1.19. The number of methoxy groups -OCH3 is 1. The molecular weight excluding hydrogens is 605 g/mol. The first-order chi connectivity index (χ1) is 22.2. The molecule has 1 fully saturated rings. The van der Waals surface area contributed by atoms with Gasteiger partial charge in [-0.1, -0.05) is 49.2 Å². The van der Waals surface area contributed by atoms with Crippen molar-refractivity contribution in [2.45, 2.75) is 62.0 Å². The highest BCUT2D eigenvalue weighted by Gasteiger charge is 2.36. The standard InChI is InChI=1S/C36H46FN3O5S/c1-39(2)36(29-9-6-10-31(37)21-29)27-13-11-26(12-14-27)19-20-38-35(41)25-45-24-32-22-28-7-4-5-8-30(28)23-40(32)46(42,43)34-17-15-33(44-3)16-18-34/h4-10,15-18,21,26-27,32,36H,11-14,19-20,22-25H2,1-3H3,(H,38,41). The van der Waals surface area contributed by atoms with Crippen molar-refractivity contribution in [3.63, 3.8) is 0 Å². The maximum Gasteiger partial charge on any atom is 0.245 e. The molecule has 0 aromatic heterocycles. The molecule has 8 nitrogen and oxygen atoms in total. The van der Waals surface area contributed by atoms with Gasteiger partial charge in [-0.05, 0) is 105 Å². The highest BCUT2D eigenvalue weighted by Crippen LogP contribution is 2.40. The van der Waals surface area contributed by atoms with Crippen LogP contribution in [0.1, 0.15) is 54.8 Å². The summed E-state index contributed by atoms with van der Waals surface area (Å²) >= 11 is 0. The van der Waals surface area contributed by atoms with Gasteiger partial charge in [0.15, 0.2) is 0 Å². The van der Waals surface area contributed by atoms with Crippen molar-refractivity contribution < 1.29 is 27.1 Å². The molecule has 3 aromatic rings. The molecule has 3 aromatic carbocycles. The van der Waals surface area contributed by atoms with Gasteiger partial charge in [0.2, 0.25) is 15.9 Å². The van der Waals surface area contributed by atoms with Crippen LogP contribution in [0.4, 0.5) is 4.39 Å². The Morgan fingerprint density at radius 1 is 1.00 bits per heavy atom. The zero-order valence-corrected chi connectivity index (χ0v) is 27.8. The van der Waals surface area contributed by atoms with Crippen LogP contribution >= 0.6 is 0 Å². The molecule has 248 valence electrons. The maximum absolute atomic E-state index is 13.9. The van der Waals surface area contributed by atoms with Gasteiger partial charge in [0.25, 0.3) is 0 Å². The normalized spacial score (nSPS) is 21.0. The van der Waals surface area contributed by atoms with Crippen molar-refractivity contribution in [3.05, 3.63) is 95.3 Å². The lowest BCUT2D eigenvalue weighted by Crippen LogP contribution is -2.47. The fraction of sp³-hybridized carbons (Fsp3) is 0.472. The lowest BCUT2D eigenvalue weighted by Gasteiger charge is -2.37. The number of carbonyl (C=O) groups excluding carboxylic acids is 1. The number of hydrogen-bond donors (Lipinski definition) is 1. The van der Waals surface area contributed by atoms with E-state index in [2.05, 4.69) is 24.3 Å². The number of ether oxygens (including phenoxy) is 2. The Labute approximate surface area is 272 Å². The smallest absolute Gasteiger partial charge is 0.245 e. The average Bonchev–Trinajstić information content (AvgIpc) is 3.05. The summed E-state index contributed by atoms with van der Waals surface area (Å²) in [6.45, 7) is 0.802. The van der Waals surface area contributed by atoms with E-state index in [1.54, 1.807) is 36.4 Å². The van der Waals surface area contributed by atoms with E-state index < -0.39 is 16.1 Å². The van der Waals surface area contributed by atoms with E-state index >= 15 is 0 Å². The van der Waals surface area contributed by atoms with Crippen LogP contribution in [0.5, 0.6) is 5.75 Å². The molecule has 1 amide bonds. The number of hydrogen-bond acceptors (Lipinski definition) is 6. The zero-order chi connectivity index (χ0) is 32.7. The molecule has 1 heterocycles. The first-order valence-electron chi connectivity index (χ1n) is 16.1. The molecule has 2 aliphatic rings. The summed E-state index contributed by atoms with van der Waals surface area (Å²) in [6, 6.07) is 20.9. The molecule has 0 radical (unpaired) electrons. The van der Waals surface area contributed by atoms with E-state index in [0.717, 1.165) is 48.8 Å². The molecule has 0 spiro atoms. The lowest BCUT2D eigenvalue weighted by molar-refractivity contribution is -0.126. The number of nitrogens with zero attached hydrogens (tertiary/aromatic N) is 2. The topological polar surface area (TPSA) is 88.2 Å². The van der Waals surface area contributed by atoms with Crippen LogP contribution in [0.25, 0.3) is 0 Å². The number of nitrogens with one attached hydrogen (secondary N) is 1. The Morgan fingerprint density at radius 3 is 2.39 bits per heavy atom. The van der Waals surface area contributed by atoms with Crippen molar-refractivity contribution >= 4 is 15.9 Å². The molecule has 46 heavy (non-hydrogen) atoms. The monoisotopic (exact) mass is 651 g/mol. The summed E-state index contributed by atoms with van der Waals surface area (Å²) in [5, 5.41) is 2.99. The molecule has 5 rings (SSSR count). The first-order valence-corrected chi connectivity index (χ1v) is 17.6. The molecule has 1 aliphatic carbocycles. The summed E-state index contributed by atoms with van der Waals surface area (Å²) in [5.41, 5.74) is 3.08. The minimum Gasteiger partial charge on any atom is -0.497 e. The van der Waals surface area contributed by atoms with E-state index in [1.807, 2.05) is 30.3 Å². The summed E-state index contributed by atoms with van der Waals surface area (Å²) in [4.78, 5) is 15.1. The third-order valence-electron chi connectivity index (χ3n) is 9.48. The van der Waals surface area contributed by atoms with Crippen molar-refractivity contribution in [3.8, 4) is 5.75 Å². The molecule has 1 aliphatic heterocycles. The van der Waals surface area contributed by atoms with Gasteiger partial charge in [-0.2, -0.15) is 4.31 Å². The molecule has 0 bridgehead atoms. The van der Waals surface area contributed by atoms with Gasteiger partial charge in [-0.15, -0.1) is 0 Å². The van der Waals surface area contributed by atoms with Crippen LogP contribution in [-0.2, 0) is 32.5 Å². The number of carbonyl (C=O) groups is 1. The third-order valence-corrected chi connectivity index (χ3v) is 11.4. The van der Waals surface area contributed by atoms with Gasteiger partial charge in [0.05, 0.1) is 24.7 Å². The van der Waals surface area contributed by atoms with Crippen LogP contribution in [0.3, 0.4) is 0 Å². The summed E-state index contributed by atoms with van der Waals surface area (Å²) in [7, 11) is 1.85. The predicted octanol–water partition coefficient (Wildman–Crippen LogP) is 5.58. The van der Waals surface area contributed by atoms with Crippen molar-refractivity contribution in [2.75, 3.05) is 41.0 Å². The predicted molar refractivity (Wildman–Crippen MR) is 176 cm³/mol. The quantitative estimate of drug-likeness (QED) is 0.260. The maximum atomic E-state index is 13.9. The van der Waals surface area contributed by atoms with Crippen LogP contribution in [0, 0.1) is 17.7 Å². The molecule has 1 saturated carbocycles. The fourth-order valence-corrected chi connectivity index (χ4v) is 8.69. The Morgan fingerprint density at radius 2 is 1.72 bits per heavy atom. The van der Waals surface area contributed by atoms with Crippen LogP contribution < -0.4 is 10.1 Å². The van der Waals surface area contributed by atoms with Gasteiger partial charge in [0, 0.05) is 19.1 Å². The average molecular weight is 652 g/mol. The molecule has 0 saturated heterocycles. The molecule has 1 N–H and O–H groups in total. The number of sulfonamides is 1. The second-order valence-corrected chi connectivity index (χ2v) is 14.6. The van der Waals surface area contributed by atoms with Crippen molar-refractivity contribution in [2.24, 2.45) is 11.8 Å². The number of amides is 1. The molecular formula is C36H46FN3O5S. The Hall–Kier alpha value is -3.31. The number of fused-ring (bicyclic) bond motifs is 1.